The van der Waals surface area contributed by atoms with Gasteiger partial charge in [-0.1, -0.05) is 6.42 Å². The van der Waals surface area contributed by atoms with Gasteiger partial charge in [0.25, 0.3) is 5.91 Å². The maximum absolute atomic E-state index is 12.1. The molecule has 158 valence electrons. The Morgan fingerprint density at radius 2 is 1.93 bits per heavy atom. The number of nitrogens with one attached hydrogen (secondary N) is 1. The third kappa shape index (κ3) is 5.28. The van der Waals surface area contributed by atoms with E-state index < -0.39 is 5.97 Å². The zero-order valence-electron chi connectivity index (χ0n) is 17.2. The summed E-state index contributed by atoms with van der Waals surface area (Å²) in [6.07, 6.45) is 5.05. The number of hydrogen-bond donors (Lipinski definition) is 1. The highest BCUT2D eigenvalue weighted by Gasteiger charge is 2.42. The largest absolute Gasteiger partial charge is 0.493 e. The van der Waals surface area contributed by atoms with Crippen LogP contribution in [0.2, 0.25) is 0 Å². The van der Waals surface area contributed by atoms with Gasteiger partial charge < -0.3 is 19.5 Å². The van der Waals surface area contributed by atoms with Gasteiger partial charge in [0.15, 0.2) is 30.5 Å². The van der Waals surface area contributed by atoms with Crippen LogP contribution in [0.5, 0.6) is 11.5 Å². The normalized spacial score (nSPS) is 23.3. The number of methoxy groups -OCH3 is 1. The highest BCUT2D eigenvalue weighted by atomic mass is 16.6. The molecule has 1 N–H and O–H groups in total. The lowest BCUT2D eigenvalue weighted by Gasteiger charge is -2.28. The van der Waals surface area contributed by atoms with Gasteiger partial charge in [0, 0.05) is 11.6 Å². The fourth-order valence-corrected chi connectivity index (χ4v) is 4.64. The Kier molecular flexibility index (Phi) is 6.77. The summed E-state index contributed by atoms with van der Waals surface area (Å²) in [5.41, 5.74) is 0.484. The van der Waals surface area contributed by atoms with Gasteiger partial charge in [0.2, 0.25) is 0 Å². The maximum atomic E-state index is 12.1. The predicted molar refractivity (Wildman–Crippen MR) is 106 cm³/mol. The molecule has 3 rings (SSSR count). The summed E-state index contributed by atoms with van der Waals surface area (Å²) in [6, 6.07) is 4.80. The molecule has 2 saturated carbocycles. The highest BCUT2D eigenvalue weighted by molar-refractivity contribution is 5.94. The van der Waals surface area contributed by atoms with Crippen molar-refractivity contribution in [2.45, 2.75) is 45.6 Å². The van der Waals surface area contributed by atoms with E-state index in [1.807, 2.05) is 6.92 Å². The summed E-state index contributed by atoms with van der Waals surface area (Å²) in [6.45, 7) is 2.81. The summed E-state index contributed by atoms with van der Waals surface area (Å²) >= 11 is 0. The summed E-state index contributed by atoms with van der Waals surface area (Å²) < 4.78 is 15.6. The number of carbonyl (C=O) groups excluding carboxylic acids is 3. The summed E-state index contributed by atoms with van der Waals surface area (Å²) in [5.74, 6) is 1.70. The van der Waals surface area contributed by atoms with E-state index in [0.717, 1.165) is 11.8 Å². The third-order valence-corrected chi connectivity index (χ3v) is 6.10. The molecule has 7 heteroatoms. The molecule has 0 unspecified atom stereocenters. The van der Waals surface area contributed by atoms with Gasteiger partial charge in [-0.15, -0.1) is 0 Å². The first-order chi connectivity index (χ1) is 13.9. The van der Waals surface area contributed by atoms with Crippen LogP contribution in [0.15, 0.2) is 18.2 Å². The molecule has 0 aliphatic heterocycles. The van der Waals surface area contributed by atoms with Gasteiger partial charge in [-0.25, -0.2) is 4.79 Å². The second-order valence-corrected chi connectivity index (χ2v) is 8.07. The molecule has 29 heavy (non-hydrogen) atoms. The monoisotopic (exact) mass is 403 g/mol. The molecule has 2 aliphatic carbocycles. The highest BCUT2D eigenvalue weighted by Crippen LogP contribution is 2.49. The quantitative estimate of drug-likeness (QED) is 0.504. The smallest absolute Gasteiger partial charge is 0.344 e. The van der Waals surface area contributed by atoms with Crippen molar-refractivity contribution in [3.8, 4) is 11.5 Å². The van der Waals surface area contributed by atoms with E-state index in [0.29, 0.717) is 23.0 Å². The van der Waals surface area contributed by atoms with E-state index in [2.05, 4.69) is 5.32 Å². The van der Waals surface area contributed by atoms with Gasteiger partial charge in [-0.05, 0) is 69.1 Å². The minimum Gasteiger partial charge on any atom is -0.493 e. The van der Waals surface area contributed by atoms with E-state index in [-0.39, 0.29) is 30.9 Å². The third-order valence-electron chi connectivity index (χ3n) is 6.10. The van der Waals surface area contributed by atoms with Crippen molar-refractivity contribution in [1.82, 2.24) is 5.32 Å². The van der Waals surface area contributed by atoms with Crippen LogP contribution in [0, 0.1) is 17.8 Å². The topological polar surface area (TPSA) is 90.9 Å². The van der Waals surface area contributed by atoms with Gasteiger partial charge in [-0.2, -0.15) is 0 Å². The van der Waals surface area contributed by atoms with Crippen LogP contribution < -0.4 is 14.8 Å². The molecule has 4 atom stereocenters. The predicted octanol–water partition coefficient (Wildman–Crippen LogP) is 2.76. The van der Waals surface area contributed by atoms with E-state index in [1.54, 1.807) is 18.2 Å². The average Bonchev–Trinajstić information content (AvgIpc) is 3.34. The molecule has 0 aromatic heterocycles. The Labute approximate surface area is 171 Å². The van der Waals surface area contributed by atoms with Crippen LogP contribution in [0.25, 0.3) is 0 Å². The van der Waals surface area contributed by atoms with Crippen molar-refractivity contribution in [3.63, 3.8) is 0 Å². The van der Waals surface area contributed by atoms with Crippen LogP contribution in [-0.2, 0) is 14.3 Å². The van der Waals surface area contributed by atoms with E-state index in [9.17, 15) is 14.4 Å². The Morgan fingerprint density at radius 1 is 1.14 bits per heavy atom. The number of fused-ring (bicyclic) bond motifs is 2. The fourth-order valence-electron chi connectivity index (χ4n) is 4.64. The molecule has 7 nitrogen and oxygen atoms in total. The first-order valence-electron chi connectivity index (χ1n) is 10.1. The number of amides is 1. The SMILES string of the molecule is COc1cc(C(C)=O)ccc1OCC(=O)OCC(=O)N[C@@H](C)[C@H]1C[C@@H]2CC[C@@H]1C2. The van der Waals surface area contributed by atoms with Crippen LogP contribution in [0.3, 0.4) is 0 Å². The van der Waals surface area contributed by atoms with Crippen molar-refractivity contribution in [2.24, 2.45) is 17.8 Å². The van der Waals surface area contributed by atoms with Crippen molar-refractivity contribution in [3.05, 3.63) is 23.8 Å². The van der Waals surface area contributed by atoms with Crippen molar-refractivity contribution < 1.29 is 28.6 Å². The number of carbonyl (C=O) groups is 3. The van der Waals surface area contributed by atoms with Gasteiger partial charge in [0.05, 0.1) is 7.11 Å². The summed E-state index contributed by atoms with van der Waals surface area (Å²) in [7, 11) is 1.45. The maximum Gasteiger partial charge on any atom is 0.344 e. The van der Waals surface area contributed by atoms with Crippen LogP contribution in [0.1, 0.15) is 49.9 Å². The van der Waals surface area contributed by atoms with E-state index >= 15 is 0 Å². The average molecular weight is 403 g/mol. The zero-order chi connectivity index (χ0) is 21.0. The number of ether oxygens (including phenoxy) is 3. The number of rotatable bonds is 9. The Hall–Kier alpha value is -2.57. The fraction of sp³-hybridized carbons (Fsp3) is 0.591. The minimum atomic E-state index is -0.648. The van der Waals surface area contributed by atoms with Crippen molar-refractivity contribution >= 4 is 17.7 Å². The molecular weight excluding hydrogens is 374 g/mol. The molecule has 2 aliphatic rings. The zero-order valence-corrected chi connectivity index (χ0v) is 17.2. The lowest BCUT2D eigenvalue weighted by Crippen LogP contribution is -2.42. The molecule has 1 aromatic rings. The summed E-state index contributed by atoms with van der Waals surface area (Å²) in [5, 5.41) is 2.96. The van der Waals surface area contributed by atoms with E-state index in [4.69, 9.17) is 14.2 Å². The number of Topliss-reactive ketones (excluding diaryl/α,β-unsaturated/α-hetero) is 1. The number of esters is 1. The lowest BCUT2D eigenvalue weighted by molar-refractivity contribution is -0.150. The molecular formula is C22H29NO6. The van der Waals surface area contributed by atoms with Gasteiger partial charge >= 0.3 is 5.97 Å². The first-order valence-corrected chi connectivity index (χ1v) is 10.1. The number of benzene rings is 1. The minimum absolute atomic E-state index is 0.0943. The van der Waals surface area contributed by atoms with Gasteiger partial charge in [0.1, 0.15) is 0 Å². The molecule has 0 heterocycles. The lowest BCUT2D eigenvalue weighted by atomic mass is 9.84. The molecule has 0 saturated heterocycles. The Balaban J connectivity index is 1.40. The number of hydrogen-bond acceptors (Lipinski definition) is 6. The molecule has 1 amide bonds. The van der Waals surface area contributed by atoms with Crippen LogP contribution in [-0.4, -0.2) is 44.0 Å². The van der Waals surface area contributed by atoms with Crippen LogP contribution >= 0.6 is 0 Å². The van der Waals surface area contributed by atoms with Crippen LogP contribution in [0.4, 0.5) is 0 Å². The Morgan fingerprint density at radius 3 is 2.55 bits per heavy atom. The molecule has 0 radical (unpaired) electrons. The molecule has 1 aromatic carbocycles. The standard InChI is InChI=1S/C22H29NO6/c1-13(18-9-15-4-5-17(18)8-15)23-21(25)11-29-22(26)12-28-19-7-6-16(14(2)24)10-20(19)27-3/h6-7,10,13,15,17-18H,4-5,8-9,11-12H2,1-3H3,(H,23,25)/t13-,15+,17+,18+/m0/s1. The van der Waals surface area contributed by atoms with Crippen molar-refractivity contribution in [2.75, 3.05) is 20.3 Å². The van der Waals surface area contributed by atoms with Gasteiger partial charge in [-0.3, -0.25) is 9.59 Å². The second-order valence-electron chi connectivity index (χ2n) is 8.07. The van der Waals surface area contributed by atoms with E-state index in [1.165, 1.54) is 39.7 Å². The van der Waals surface area contributed by atoms with Crippen molar-refractivity contribution in [1.29, 1.82) is 0 Å². The number of ketones is 1. The molecule has 2 fully saturated rings. The molecule has 0 spiro atoms. The summed E-state index contributed by atoms with van der Waals surface area (Å²) in [4.78, 5) is 35.5. The first kappa shape index (κ1) is 21.1. The molecule has 2 bridgehead atoms. The second kappa shape index (κ2) is 9.29. The Bertz CT molecular complexity index is 777.